The highest BCUT2D eigenvalue weighted by atomic mass is 79.9. The maximum atomic E-state index is 11.1. The average molecular weight is 378 g/mol. The maximum absolute atomic E-state index is 11.1. The number of ether oxygens (including phenoxy) is 1. The van der Waals surface area contributed by atoms with Gasteiger partial charge in [-0.05, 0) is 39.0 Å². The fourth-order valence-corrected chi connectivity index (χ4v) is 5.29. The monoisotopic (exact) mass is 377 g/mol. The van der Waals surface area contributed by atoms with Gasteiger partial charge in [-0.15, -0.1) is 10.8 Å². The van der Waals surface area contributed by atoms with Gasteiger partial charge in [0.1, 0.15) is 6.61 Å². The second-order valence-electron chi connectivity index (χ2n) is 6.02. The van der Waals surface area contributed by atoms with Gasteiger partial charge in [-0.1, -0.05) is 15.9 Å². The molecular formula is C14H20BrNO4S. The van der Waals surface area contributed by atoms with Crippen molar-refractivity contribution in [1.29, 1.82) is 0 Å². The number of fused-ring (bicyclic) bond motifs is 1. The molecule has 0 aliphatic carbocycles. The molecule has 21 heavy (non-hydrogen) atoms. The second kappa shape index (κ2) is 5.55. The van der Waals surface area contributed by atoms with Crippen LogP contribution in [0.15, 0.2) is 27.6 Å². The number of hydrogen-bond acceptors (Lipinski definition) is 5. The summed E-state index contributed by atoms with van der Waals surface area (Å²) in [7, 11) is -3.10. The summed E-state index contributed by atoms with van der Waals surface area (Å²) in [6.45, 7) is 7.15. The summed E-state index contributed by atoms with van der Waals surface area (Å²) in [6.07, 6.45) is 0. The summed E-state index contributed by atoms with van der Waals surface area (Å²) in [4.78, 5) is 11.6. The molecule has 2 rings (SSSR count). The fraction of sp³-hybridized carbons (Fsp3) is 0.500. The first-order valence-corrected chi connectivity index (χ1v) is 8.85. The first-order valence-electron chi connectivity index (χ1n) is 6.55. The molecule has 1 heterocycles. The zero-order chi connectivity index (χ0) is 16.0. The molecule has 1 aromatic rings. The van der Waals surface area contributed by atoms with E-state index in [4.69, 9.17) is 4.74 Å². The van der Waals surface area contributed by atoms with E-state index in [1.807, 2.05) is 26.8 Å². The molecule has 0 radical (unpaired) electrons. The minimum Gasteiger partial charge on any atom is -0.464 e. The van der Waals surface area contributed by atoms with Crippen LogP contribution in [-0.4, -0.2) is 31.5 Å². The van der Waals surface area contributed by atoms with Crippen LogP contribution in [0.25, 0.3) is 0 Å². The van der Waals surface area contributed by atoms with Crippen LogP contribution in [0.3, 0.4) is 0 Å². The van der Waals surface area contributed by atoms with E-state index in [2.05, 4.69) is 15.9 Å². The first kappa shape index (κ1) is 16.8. The van der Waals surface area contributed by atoms with Gasteiger partial charge in [0.25, 0.3) is 0 Å². The van der Waals surface area contributed by atoms with Gasteiger partial charge in [-0.3, -0.25) is 13.9 Å². The Morgan fingerprint density at radius 1 is 1.43 bits per heavy atom. The summed E-state index contributed by atoms with van der Waals surface area (Å²) >= 11 is 3.40. The Morgan fingerprint density at radius 2 is 2.05 bits per heavy atom. The van der Waals surface area contributed by atoms with Crippen molar-refractivity contribution in [3.63, 3.8) is 0 Å². The quantitative estimate of drug-likeness (QED) is 0.756. The fourth-order valence-electron chi connectivity index (χ4n) is 2.64. The lowest BCUT2D eigenvalue weighted by Gasteiger charge is -2.47. The van der Waals surface area contributed by atoms with Crippen molar-refractivity contribution < 1.29 is 18.6 Å². The molecule has 0 spiro atoms. The molecule has 1 aliphatic heterocycles. The lowest BCUT2D eigenvalue weighted by molar-refractivity contribution is -0.142. The van der Waals surface area contributed by atoms with Gasteiger partial charge in [0, 0.05) is 22.5 Å². The molecule has 0 amide bonds. The summed E-state index contributed by atoms with van der Waals surface area (Å²) in [5.74, 6) is -0.385. The Kier molecular flexibility index (Phi) is 4.43. The minimum absolute atomic E-state index is 0.0892. The molecule has 0 saturated heterocycles. The van der Waals surface area contributed by atoms with Crippen LogP contribution in [-0.2, 0) is 9.53 Å². The summed E-state index contributed by atoms with van der Waals surface area (Å²) in [5.41, 5.74) is 0.287. The van der Waals surface area contributed by atoms with Gasteiger partial charge in [-0.25, -0.2) is 0 Å². The molecule has 1 unspecified atom stereocenters. The third kappa shape index (κ3) is 3.12. The van der Waals surface area contributed by atoms with E-state index in [9.17, 15) is 13.9 Å². The van der Waals surface area contributed by atoms with E-state index in [-0.39, 0.29) is 18.6 Å². The molecule has 1 aliphatic rings. The molecule has 2 N–H and O–H groups in total. The van der Waals surface area contributed by atoms with E-state index in [1.165, 1.54) is 6.92 Å². The number of nitrogens with zero attached hydrogens (tertiary/aromatic N) is 1. The Morgan fingerprint density at radius 3 is 2.57 bits per heavy atom. The smallest absolute Gasteiger partial charge is 0.302 e. The van der Waals surface area contributed by atoms with E-state index in [0.29, 0.717) is 4.90 Å². The van der Waals surface area contributed by atoms with Crippen LogP contribution in [0, 0.1) is 0 Å². The van der Waals surface area contributed by atoms with Crippen LogP contribution >= 0.6 is 26.7 Å². The summed E-state index contributed by atoms with van der Waals surface area (Å²) in [5, 5.41) is 0. The number of carbonyl (C=O) groups is 1. The molecule has 1 aromatic carbocycles. The number of benzene rings is 1. The Bertz CT molecular complexity index is 571. The van der Waals surface area contributed by atoms with Crippen LogP contribution in [0.1, 0.15) is 39.3 Å². The van der Waals surface area contributed by atoms with Crippen molar-refractivity contribution in [3.05, 3.63) is 28.2 Å². The van der Waals surface area contributed by atoms with Crippen LogP contribution in [0.5, 0.6) is 0 Å². The van der Waals surface area contributed by atoms with Gasteiger partial charge in [0.05, 0.1) is 10.9 Å². The van der Waals surface area contributed by atoms with Crippen LogP contribution in [0.2, 0.25) is 0 Å². The normalized spacial score (nSPS) is 22.7. The van der Waals surface area contributed by atoms with Crippen molar-refractivity contribution in [3.8, 4) is 0 Å². The van der Waals surface area contributed by atoms with E-state index in [1.54, 1.807) is 16.4 Å². The topological polar surface area (TPSA) is 70.0 Å². The molecule has 7 heteroatoms. The number of halogens is 1. The van der Waals surface area contributed by atoms with E-state index in [0.717, 1.165) is 10.0 Å². The maximum Gasteiger partial charge on any atom is 0.302 e. The predicted molar refractivity (Wildman–Crippen MR) is 86.2 cm³/mol. The lowest BCUT2D eigenvalue weighted by Crippen LogP contribution is -2.43. The standard InChI is InChI=1S/C14H20BrNO4S/c1-9(17)20-8-12-11-7-10(15)5-6-13(11)21(18,19)16(12)14(2,3)4/h5-7,12,18-19H,8H2,1-4H3. The summed E-state index contributed by atoms with van der Waals surface area (Å²) in [6, 6.07) is 4.96. The van der Waals surface area contributed by atoms with Gasteiger partial charge >= 0.3 is 5.97 Å². The molecule has 0 fully saturated rings. The summed E-state index contributed by atoms with van der Waals surface area (Å²) < 4.78 is 29.0. The van der Waals surface area contributed by atoms with Gasteiger partial charge in [0.2, 0.25) is 0 Å². The molecule has 0 aromatic heterocycles. The van der Waals surface area contributed by atoms with Crippen LogP contribution in [0.4, 0.5) is 0 Å². The lowest BCUT2D eigenvalue weighted by atomic mass is 10.0. The molecule has 1 atom stereocenters. The minimum atomic E-state index is -3.10. The van der Waals surface area contributed by atoms with Gasteiger partial charge in [-0.2, -0.15) is 4.31 Å². The predicted octanol–water partition coefficient (Wildman–Crippen LogP) is 4.19. The number of carbonyl (C=O) groups excluding carboxylic acids is 1. The van der Waals surface area contributed by atoms with Crippen molar-refractivity contribution in [1.82, 2.24) is 4.31 Å². The highest BCUT2D eigenvalue weighted by Crippen LogP contribution is 2.66. The SMILES string of the molecule is CC(=O)OCC1c2cc(Br)ccc2S(O)(O)N1C(C)(C)C. The molecule has 5 nitrogen and oxygen atoms in total. The second-order valence-corrected chi connectivity index (χ2v) is 8.80. The highest BCUT2D eigenvalue weighted by Gasteiger charge is 2.48. The highest BCUT2D eigenvalue weighted by molar-refractivity contribution is 9.10. The molecule has 0 saturated carbocycles. The third-order valence-electron chi connectivity index (χ3n) is 3.29. The zero-order valence-corrected chi connectivity index (χ0v) is 14.9. The van der Waals surface area contributed by atoms with Gasteiger partial charge < -0.3 is 4.74 Å². The average Bonchev–Trinajstić information content (AvgIpc) is 2.53. The molecule has 118 valence electrons. The van der Waals surface area contributed by atoms with Crippen molar-refractivity contribution in [2.75, 3.05) is 6.61 Å². The van der Waals surface area contributed by atoms with E-state index < -0.39 is 16.3 Å². The van der Waals surface area contributed by atoms with E-state index >= 15 is 0 Å². The zero-order valence-electron chi connectivity index (χ0n) is 12.5. The number of rotatable bonds is 2. The Balaban J connectivity index is 2.52. The molecule has 0 bridgehead atoms. The number of esters is 1. The third-order valence-corrected chi connectivity index (χ3v) is 6.09. The van der Waals surface area contributed by atoms with Crippen molar-refractivity contribution >= 4 is 32.7 Å². The Hall–Kier alpha value is -0.600. The largest absolute Gasteiger partial charge is 0.464 e. The molecular weight excluding hydrogens is 358 g/mol. The van der Waals surface area contributed by atoms with Crippen LogP contribution < -0.4 is 0 Å². The Labute approximate surface area is 134 Å². The number of hydrogen-bond donors (Lipinski definition) is 2. The van der Waals surface area contributed by atoms with Gasteiger partial charge in [0.15, 0.2) is 0 Å². The first-order chi connectivity index (χ1) is 9.55. The van der Waals surface area contributed by atoms with Crippen molar-refractivity contribution in [2.45, 2.75) is 44.2 Å². The van der Waals surface area contributed by atoms with Crippen molar-refractivity contribution in [2.24, 2.45) is 0 Å².